The first-order valence-corrected chi connectivity index (χ1v) is 9.43. The number of rotatable bonds is 4. The Bertz CT molecular complexity index is 825. The molecule has 128 valence electrons. The summed E-state index contributed by atoms with van der Waals surface area (Å²) in [4.78, 5) is 29.2. The van der Waals surface area contributed by atoms with Gasteiger partial charge in [-0.05, 0) is 31.9 Å². The van der Waals surface area contributed by atoms with Gasteiger partial charge in [0.25, 0.3) is 0 Å². The van der Waals surface area contributed by atoms with Gasteiger partial charge in [0, 0.05) is 30.2 Å². The van der Waals surface area contributed by atoms with E-state index in [9.17, 15) is 9.59 Å². The molecule has 0 amide bonds. The monoisotopic (exact) mass is 345 g/mol. The van der Waals surface area contributed by atoms with E-state index in [1.165, 1.54) is 30.6 Å². The highest BCUT2D eigenvalue weighted by Gasteiger charge is 2.13. The van der Waals surface area contributed by atoms with E-state index in [1.54, 1.807) is 15.3 Å². The van der Waals surface area contributed by atoms with Gasteiger partial charge in [-0.2, -0.15) is 0 Å². The Hall–Kier alpha value is -1.95. The molecule has 1 aliphatic carbocycles. The maximum absolute atomic E-state index is 12.6. The quantitative estimate of drug-likeness (QED) is 0.855. The highest BCUT2D eigenvalue weighted by molar-refractivity contribution is 7.07. The molecule has 0 unspecified atom stereocenters. The number of nitrogens with zero attached hydrogens (tertiary/aromatic N) is 3. The van der Waals surface area contributed by atoms with Gasteiger partial charge in [-0.25, -0.2) is 0 Å². The molecule has 0 spiro atoms. The zero-order valence-corrected chi connectivity index (χ0v) is 14.8. The lowest BCUT2D eigenvalue weighted by atomic mass is 9.96. The molecule has 0 bridgehead atoms. The average molecular weight is 345 g/mol. The number of pyridine rings is 1. The third-order valence-corrected chi connectivity index (χ3v) is 5.40. The van der Waals surface area contributed by atoms with Gasteiger partial charge < -0.3 is 4.57 Å². The van der Waals surface area contributed by atoms with Crippen LogP contribution in [0.5, 0.6) is 0 Å². The van der Waals surface area contributed by atoms with E-state index in [0.29, 0.717) is 19.0 Å². The van der Waals surface area contributed by atoms with Crippen molar-refractivity contribution in [2.75, 3.05) is 0 Å². The normalized spacial score (nSPS) is 16.5. The maximum Gasteiger partial charge on any atom is 0.307 e. The van der Waals surface area contributed by atoms with Crippen LogP contribution in [0.4, 0.5) is 0 Å². The molecule has 2 aromatic heterocycles. The molecular formula is C18H23N3O2S. The molecule has 5 nitrogen and oxygen atoms in total. The van der Waals surface area contributed by atoms with Crippen molar-refractivity contribution in [3.8, 4) is 0 Å². The summed E-state index contributed by atoms with van der Waals surface area (Å²) >= 11 is 1.18. The fourth-order valence-electron chi connectivity index (χ4n) is 3.15. The van der Waals surface area contributed by atoms with Gasteiger partial charge in [0.15, 0.2) is 0 Å². The lowest BCUT2D eigenvalue weighted by Crippen LogP contribution is -2.30. The molecule has 0 aromatic carbocycles. The molecule has 1 saturated carbocycles. The summed E-state index contributed by atoms with van der Waals surface area (Å²) in [7, 11) is 0. The van der Waals surface area contributed by atoms with E-state index in [-0.39, 0.29) is 10.8 Å². The molecule has 0 N–H and O–H groups in total. The van der Waals surface area contributed by atoms with Crippen molar-refractivity contribution in [2.45, 2.75) is 58.0 Å². The first kappa shape index (κ1) is 16.9. The first-order chi connectivity index (χ1) is 11.6. The van der Waals surface area contributed by atoms with Gasteiger partial charge >= 0.3 is 4.87 Å². The summed E-state index contributed by atoms with van der Waals surface area (Å²) < 4.78 is 3.28. The number of hydrogen-bond acceptors (Lipinski definition) is 4. The van der Waals surface area contributed by atoms with E-state index in [2.05, 4.69) is 0 Å². The van der Waals surface area contributed by atoms with Gasteiger partial charge in [0.05, 0.1) is 6.04 Å². The van der Waals surface area contributed by atoms with Crippen molar-refractivity contribution in [3.05, 3.63) is 50.6 Å². The van der Waals surface area contributed by atoms with Gasteiger partial charge in [0.2, 0.25) is 5.91 Å². The van der Waals surface area contributed by atoms with Crippen LogP contribution >= 0.6 is 11.3 Å². The van der Waals surface area contributed by atoms with E-state index in [0.717, 1.165) is 24.0 Å². The van der Waals surface area contributed by atoms with Crippen LogP contribution < -0.4 is 10.4 Å². The van der Waals surface area contributed by atoms with Crippen molar-refractivity contribution in [2.24, 2.45) is 4.99 Å². The van der Waals surface area contributed by atoms with E-state index < -0.39 is 0 Å². The predicted octanol–water partition coefficient (Wildman–Crippen LogP) is 2.98. The van der Waals surface area contributed by atoms with E-state index in [1.807, 2.05) is 30.5 Å². The number of carbonyl (C=O) groups excluding carboxylic acids is 1. The van der Waals surface area contributed by atoms with Gasteiger partial charge in [0.1, 0.15) is 5.49 Å². The summed E-state index contributed by atoms with van der Waals surface area (Å²) in [5, 5.41) is 1.83. The van der Waals surface area contributed by atoms with Crippen LogP contribution in [0.1, 0.15) is 49.0 Å². The Kier molecular flexibility index (Phi) is 5.45. The number of aryl methyl sites for hydroxylation is 1. The third kappa shape index (κ3) is 3.93. The van der Waals surface area contributed by atoms with Crippen LogP contribution in [-0.2, 0) is 6.54 Å². The molecule has 1 aliphatic rings. The van der Waals surface area contributed by atoms with Crippen LogP contribution in [-0.4, -0.2) is 21.1 Å². The molecule has 0 atom stereocenters. The molecule has 3 rings (SSSR count). The van der Waals surface area contributed by atoms with Crippen LogP contribution in [0.25, 0.3) is 0 Å². The summed E-state index contributed by atoms with van der Waals surface area (Å²) in [6, 6.07) is 5.98. The third-order valence-electron chi connectivity index (χ3n) is 4.52. The fourth-order valence-corrected chi connectivity index (χ4v) is 3.91. The average Bonchev–Trinajstić information content (AvgIpc) is 2.92. The molecule has 2 heterocycles. The number of aromatic nitrogens is 2. The lowest BCUT2D eigenvalue weighted by molar-refractivity contribution is 0.0890. The van der Waals surface area contributed by atoms with Gasteiger partial charge in [-0.3, -0.25) is 19.1 Å². The Labute approximate surface area is 145 Å². The SMILES string of the molecule is Cc1csc(=O)n1CCC(=O)n1ccccc1=NC1CCCCC1. The Morgan fingerprint density at radius 2 is 2.08 bits per heavy atom. The molecule has 6 heteroatoms. The second-order valence-corrected chi connectivity index (χ2v) is 7.11. The fraction of sp³-hybridized carbons (Fsp3) is 0.500. The molecule has 24 heavy (non-hydrogen) atoms. The Balaban J connectivity index is 1.77. The van der Waals surface area contributed by atoms with Gasteiger partial charge in [-0.1, -0.05) is 36.7 Å². The van der Waals surface area contributed by atoms with Crippen molar-refractivity contribution in [3.63, 3.8) is 0 Å². The zero-order chi connectivity index (χ0) is 16.9. The van der Waals surface area contributed by atoms with Crippen molar-refractivity contribution in [1.29, 1.82) is 0 Å². The molecule has 1 fully saturated rings. The Morgan fingerprint density at radius 1 is 1.29 bits per heavy atom. The first-order valence-electron chi connectivity index (χ1n) is 8.55. The zero-order valence-electron chi connectivity index (χ0n) is 14.0. The predicted molar refractivity (Wildman–Crippen MR) is 95.4 cm³/mol. The smallest absolute Gasteiger partial charge is 0.303 e. The maximum atomic E-state index is 12.6. The standard InChI is InChI=1S/C18H23N3O2S/c1-14-13-24-18(23)20(14)12-10-17(22)21-11-6-5-9-16(21)19-15-7-3-2-4-8-15/h5-6,9,11,13,15H,2-4,7-8,10,12H2,1H3. The van der Waals surface area contributed by atoms with Crippen LogP contribution in [0, 0.1) is 6.92 Å². The summed E-state index contributed by atoms with van der Waals surface area (Å²) in [6.07, 6.45) is 7.99. The summed E-state index contributed by atoms with van der Waals surface area (Å²) in [5.74, 6) is -0.0253. The van der Waals surface area contributed by atoms with Crippen LogP contribution in [0.2, 0.25) is 0 Å². The molecule has 2 aromatic rings. The summed E-state index contributed by atoms with van der Waals surface area (Å²) in [5.41, 5.74) is 1.63. The van der Waals surface area contributed by atoms with Crippen molar-refractivity contribution < 1.29 is 4.79 Å². The molecule has 0 saturated heterocycles. The highest BCUT2D eigenvalue weighted by Crippen LogP contribution is 2.19. The lowest BCUT2D eigenvalue weighted by Gasteiger charge is -2.17. The van der Waals surface area contributed by atoms with Crippen molar-refractivity contribution in [1.82, 2.24) is 9.13 Å². The largest absolute Gasteiger partial charge is 0.307 e. The topological polar surface area (TPSA) is 56.4 Å². The second kappa shape index (κ2) is 7.75. The van der Waals surface area contributed by atoms with E-state index in [4.69, 9.17) is 4.99 Å². The molecular weight excluding hydrogens is 322 g/mol. The van der Waals surface area contributed by atoms with Crippen LogP contribution in [0.3, 0.4) is 0 Å². The second-order valence-electron chi connectivity index (χ2n) is 6.29. The minimum Gasteiger partial charge on any atom is -0.303 e. The van der Waals surface area contributed by atoms with Crippen LogP contribution in [0.15, 0.2) is 39.6 Å². The number of hydrogen-bond donors (Lipinski definition) is 0. The Morgan fingerprint density at radius 3 is 2.79 bits per heavy atom. The van der Waals surface area contributed by atoms with Gasteiger partial charge in [-0.15, -0.1) is 0 Å². The number of thiazole rings is 1. The minimum atomic E-state index is -0.0253. The highest BCUT2D eigenvalue weighted by atomic mass is 32.1. The minimum absolute atomic E-state index is 0.00882. The molecule has 0 radical (unpaired) electrons. The number of carbonyl (C=O) groups is 1. The van der Waals surface area contributed by atoms with E-state index >= 15 is 0 Å². The van der Waals surface area contributed by atoms with Crippen molar-refractivity contribution >= 4 is 17.2 Å². The molecule has 0 aliphatic heterocycles. The summed E-state index contributed by atoms with van der Waals surface area (Å²) in [6.45, 7) is 2.31.